The Balaban J connectivity index is 2.58. The molecule has 0 radical (unpaired) electrons. The molecule has 1 atom stereocenters. The molecule has 0 N–H and O–H groups in total. The predicted molar refractivity (Wildman–Crippen MR) is 64.8 cm³/mol. The Morgan fingerprint density at radius 2 is 1.81 bits per heavy atom. The maximum absolute atomic E-state index is 13.9. The summed E-state index contributed by atoms with van der Waals surface area (Å²) in [6.45, 7) is 1.46. The molecule has 7 heteroatoms. The standard InChI is InChI=1S/C9H17F2IN2O2/c1-15-5-3-13-7-8(12)14(4-6-16-2)9(13,10)11/h8H,3-7H2,1-2H3. The van der Waals surface area contributed by atoms with Gasteiger partial charge < -0.3 is 9.47 Å². The molecule has 0 bridgehead atoms. The third kappa shape index (κ3) is 3.22. The first kappa shape index (κ1) is 14.5. The zero-order valence-electron chi connectivity index (χ0n) is 9.46. The van der Waals surface area contributed by atoms with Crippen molar-refractivity contribution in [2.45, 2.75) is 10.2 Å². The number of alkyl halides is 3. The molecule has 16 heavy (non-hydrogen) atoms. The third-order valence-corrected chi connectivity index (χ3v) is 3.60. The average Bonchev–Trinajstić information content (AvgIpc) is 2.44. The van der Waals surface area contributed by atoms with Gasteiger partial charge in [-0.15, -0.1) is 0 Å². The summed E-state index contributed by atoms with van der Waals surface area (Å²) in [5.74, 6) is 0. The second-order valence-electron chi connectivity index (χ2n) is 3.57. The van der Waals surface area contributed by atoms with E-state index >= 15 is 0 Å². The molecule has 0 aromatic carbocycles. The molecule has 1 aliphatic rings. The highest BCUT2D eigenvalue weighted by atomic mass is 127. The van der Waals surface area contributed by atoms with E-state index in [0.29, 0.717) is 19.8 Å². The van der Waals surface area contributed by atoms with Crippen LogP contribution in [0.1, 0.15) is 0 Å². The predicted octanol–water partition coefficient (Wildman–Crippen LogP) is 1.21. The number of halogens is 3. The largest absolute Gasteiger partial charge is 0.383 e. The van der Waals surface area contributed by atoms with Crippen molar-refractivity contribution in [2.24, 2.45) is 0 Å². The maximum Gasteiger partial charge on any atom is 0.370 e. The quantitative estimate of drug-likeness (QED) is 0.409. The zero-order valence-corrected chi connectivity index (χ0v) is 11.6. The van der Waals surface area contributed by atoms with Crippen LogP contribution in [0.5, 0.6) is 0 Å². The van der Waals surface area contributed by atoms with Crippen LogP contribution in [0.2, 0.25) is 0 Å². The Morgan fingerprint density at radius 3 is 2.38 bits per heavy atom. The second-order valence-corrected chi connectivity index (χ2v) is 5.01. The molecule has 4 nitrogen and oxygen atoms in total. The molecule has 0 aromatic rings. The van der Waals surface area contributed by atoms with Gasteiger partial charge in [0, 0.05) is 33.9 Å². The number of nitrogens with zero attached hydrogens (tertiary/aromatic N) is 2. The zero-order chi connectivity index (χ0) is 12.2. The average molecular weight is 350 g/mol. The summed E-state index contributed by atoms with van der Waals surface area (Å²) >= 11 is 2.03. The fourth-order valence-corrected chi connectivity index (χ4v) is 2.72. The highest BCUT2D eigenvalue weighted by molar-refractivity contribution is 14.1. The van der Waals surface area contributed by atoms with Crippen LogP contribution in [-0.4, -0.2) is 67.1 Å². The van der Waals surface area contributed by atoms with E-state index in [1.165, 1.54) is 14.2 Å². The lowest BCUT2D eigenvalue weighted by Crippen LogP contribution is -2.48. The van der Waals surface area contributed by atoms with E-state index in [4.69, 9.17) is 9.47 Å². The van der Waals surface area contributed by atoms with E-state index in [-0.39, 0.29) is 17.1 Å². The molecule has 1 saturated heterocycles. The minimum absolute atomic E-state index is 0.195. The molecule has 1 heterocycles. The van der Waals surface area contributed by atoms with Crippen LogP contribution in [0.15, 0.2) is 0 Å². The molecule has 0 amide bonds. The lowest BCUT2D eigenvalue weighted by molar-refractivity contribution is -0.215. The van der Waals surface area contributed by atoms with Gasteiger partial charge in [0.25, 0.3) is 0 Å². The van der Waals surface area contributed by atoms with Crippen LogP contribution in [-0.2, 0) is 9.47 Å². The summed E-state index contributed by atoms with van der Waals surface area (Å²) in [7, 11) is 3.03. The van der Waals surface area contributed by atoms with Crippen molar-refractivity contribution in [3.8, 4) is 0 Å². The first-order valence-electron chi connectivity index (χ1n) is 5.05. The van der Waals surface area contributed by atoms with Crippen molar-refractivity contribution in [1.82, 2.24) is 9.80 Å². The van der Waals surface area contributed by atoms with Crippen molar-refractivity contribution in [1.29, 1.82) is 0 Å². The van der Waals surface area contributed by atoms with Gasteiger partial charge in [0.2, 0.25) is 0 Å². The molecule has 96 valence electrons. The summed E-state index contributed by atoms with van der Waals surface area (Å²) in [6.07, 6.45) is -2.90. The molecule has 1 fully saturated rings. The minimum atomic E-state index is -2.90. The van der Waals surface area contributed by atoms with Gasteiger partial charge in [0.1, 0.15) is 0 Å². The van der Waals surface area contributed by atoms with Crippen LogP contribution in [0.3, 0.4) is 0 Å². The van der Waals surface area contributed by atoms with E-state index in [9.17, 15) is 8.78 Å². The van der Waals surface area contributed by atoms with E-state index in [0.717, 1.165) is 9.80 Å². The van der Waals surface area contributed by atoms with Gasteiger partial charge in [-0.05, 0) is 0 Å². The number of ether oxygens (including phenoxy) is 2. The SMILES string of the molecule is COCCN1CC(I)N(CCOC)C1(F)F. The topological polar surface area (TPSA) is 24.9 Å². The third-order valence-electron chi connectivity index (χ3n) is 2.54. The minimum Gasteiger partial charge on any atom is -0.383 e. The molecular formula is C9H17F2IN2O2. The molecule has 1 aliphatic heterocycles. The van der Waals surface area contributed by atoms with E-state index in [1.54, 1.807) is 0 Å². The molecule has 1 rings (SSSR count). The van der Waals surface area contributed by atoms with Gasteiger partial charge in [-0.3, -0.25) is 0 Å². The fourth-order valence-electron chi connectivity index (χ4n) is 1.63. The first-order valence-corrected chi connectivity index (χ1v) is 6.30. The molecule has 0 aromatic heterocycles. The van der Waals surface area contributed by atoms with E-state index in [2.05, 4.69) is 0 Å². The van der Waals surface area contributed by atoms with E-state index < -0.39 is 6.17 Å². The fraction of sp³-hybridized carbons (Fsp3) is 1.00. The molecule has 0 aliphatic carbocycles. The first-order chi connectivity index (χ1) is 7.54. The smallest absolute Gasteiger partial charge is 0.370 e. The Labute approximate surface area is 108 Å². The highest BCUT2D eigenvalue weighted by Gasteiger charge is 2.52. The van der Waals surface area contributed by atoms with Gasteiger partial charge in [-0.25, -0.2) is 9.80 Å². The lowest BCUT2D eigenvalue weighted by Gasteiger charge is -2.29. The van der Waals surface area contributed by atoms with Crippen molar-refractivity contribution in [3.05, 3.63) is 0 Å². The molecule has 0 saturated carbocycles. The normalized spacial score (nSPS) is 26.4. The van der Waals surface area contributed by atoms with Gasteiger partial charge in [0.15, 0.2) is 0 Å². The maximum atomic E-state index is 13.9. The Hall–Kier alpha value is 0.430. The number of hydrogen-bond donors (Lipinski definition) is 0. The summed E-state index contributed by atoms with van der Waals surface area (Å²) in [5.41, 5.74) is 0. The van der Waals surface area contributed by atoms with Crippen LogP contribution >= 0.6 is 22.6 Å². The van der Waals surface area contributed by atoms with E-state index in [1.807, 2.05) is 22.6 Å². The van der Waals surface area contributed by atoms with Crippen LogP contribution in [0.4, 0.5) is 8.78 Å². The summed E-state index contributed by atoms with van der Waals surface area (Å²) in [5, 5.41) is 0. The van der Waals surface area contributed by atoms with Gasteiger partial charge >= 0.3 is 6.17 Å². The summed E-state index contributed by atoms with van der Waals surface area (Å²) in [6, 6.07) is 0. The summed E-state index contributed by atoms with van der Waals surface area (Å²) in [4.78, 5) is 2.30. The number of hydrogen-bond acceptors (Lipinski definition) is 4. The number of methoxy groups -OCH3 is 2. The van der Waals surface area contributed by atoms with Gasteiger partial charge in [0.05, 0.1) is 17.3 Å². The van der Waals surface area contributed by atoms with Crippen molar-refractivity contribution < 1.29 is 18.3 Å². The number of rotatable bonds is 6. The van der Waals surface area contributed by atoms with Crippen LogP contribution < -0.4 is 0 Å². The van der Waals surface area contributed by atoms with Crippen LogP contribution in [0, 0.1) is 0 Å². The Bertz CT molecular complexity index is 222. The van der Waals surface area contributed by atoms with Gasteiger partial charge in [-0.2, -0.15) is 8.78 Å². The highest BCUT2D eigenvalue weighted by Crippen LogP contribution is 2.35. The van der Waals surface area contributed by atoms with Gasteiger partial charge in [-0.1, -0.05) is 22.6 Å². The van der Waals surface area contributed by atoms with Crippen molar-refractivity contribution in [3.63, 3.8) is 0 Å². The monoisotopic (exact) mass is 350 g/mol. The summed E-state index contributed by atoms with van der Waals surface area (Å²) < 4.78 is 37.3. The second kappa shape index (κ2) is 6.39. The molecule has 0 spiro atoms. The molecular weight excluding hydrogens is 333 g/mol. The molecule has 1 unspecified atom stereocenters. The Morgan fingerprint density at radius 1 is 1.25 bits per heavy atom. The van der Waals surface area contributed by atoms with Crippen molar-refractivity contribution in [2.75, 3.05) is 47.1 Å². The van der Waals surface area contributed by atoms with Crippen molar-refractivity contribution >= 4 is 22.6 Å². The van der Waals surface area contributed by atoms with Crippen LogP contribution in [0.25, 0.3) is 0 Å². The Kier molecular flexibility index (Phi) is 5.78. The lowest BCUT2D eigenvalue weighted by atomic mass is 10.5.